The zero-order valence-electron chi connectivity index (χ0n) is 9.85. The molecule has 0 fully saturated rings. The molecule has 0 atom stereocenters. The molecule has 0 saturated heterocycles. The van der Waals surface area contributed by atoms with Crippen LogP contribution in [0.4, 0.5) is 5.69 Å². The van der Waals surface area contributed by atoms with Gasteiger partial charge in [0.15, 0.2) is 0 Å². The second kappa shape index (κ2) is 8.47. The first-order chi connectivity index (χ1) is 8.61. The van der Waals surface area contributed by atoms with Crippen molar-refractivity contribution in [1.29, 1.82) is 0 Å². The maximum absolute atomic E-state index is 10.8. The van der Waals surface area contributed by atoms with E-state index in [1.54, 1.807) is 18.2 Å². The molecular weight excluding hydrogens is 293 g/mol. The smallest absolute Gasteiger partial charge is 0.274 e. The predicted molar refractivity (Wildman–Crippen MR) is 76.2 cm³/mol. The van der Waals surface area contributed by atoms with Crippen molar-refractivity contribution in [2.24, 2.45) is 0 Å². The van der Waals surface area contributed by atoms with Gasteiger partial charge in [-0.15, -0.1) is 23.2 Å². The number of ether oxygens (including phenoxy) is 1. The van der Waals surface area contributed by atoms with Gasteiger partial charge in [-0.3, -0.25) is 10.1 Å². The van der Waals surface area contributed by atoms with Crippen LogP contribution in [0.1, 0.15) is 12.0 Å². The van der Waals surface area contributed by atoms with E-state index in [1.807, 2.05) is 0 Å². The minimum absolute atomic E-state index is 0.105. The van der Waals surface area contributed by atoms with Gasteiger partial charge < -0.3 is 4.74 Å². The Bertz CT molecular complexity index is 390. The minimum atomic E-state index is -0.423. The molecule has 0 N–H and O–H groups in total. The Kier molecular flexibility index (Phi) is 7.27. The Balaban J connectivity index is 2.29. The number of halogens is 2. The van der Waals surface area contributed by atoms with Gasteiger partial charge >= 0.3 is 0 Å². The summed E-state index contributed by atoms with van der Waals surface area (Å²) in [5, 5.41) is 10.8. The molecule has 1 aromatic rings. The number of hydrogen-bond donors (Lipinski definition) is 0. The van der Waals surface area contributed by atoms with Crippen LogP contribution in [-0.4, -0.2) is 25.5 Å². The second-order valence-corrected chi connectivity index (χ2v) is 8.24. The molecule has 0 amide bonds. The van der Waals surface area contributed by atoms with Crippen LogP contribution in [0.3, 0.4) is 0 Å². The number of benzene rings is 1. The SMILES string of the molecule is O=[N+]([O-])c1ccccc1COCCC[SiH2]C(Cl)Cl. The van der Waals surface area contributed by atoms with Crippen LogP contribution in [0.2, 0.25) is 6.04 Å². The van der Waals surface area contributed by atoms with Crippen LogP contribution in [0.15, 0.2) is 24.3 Å². The van der Waals surface area contributed by atoms with E-state index < -0.39 is 14.4 Å². The molecule has 0 aromatic heterocycles. The van der Waals surface area contributed by atoms with Crippen LogP contribution >= 0.6 is 23.2 Å². The summed E-state index contributed by atoms with van der Waals surface area (Å²) in [7, 11) is -0.423. The van der Waals surface area contributed by atoms with Crippen molar-refractivity contribution in [3.8, 4) is 0 Å². The number of nitro benzene ring substituents is 1. The highest BCUT2D eigenvalue weighted by Crippen LogP contribution is 2.18. The quantitative estimate of drug-likeness (QED) is 0.244. The van der Waals surface area contributed by atoms with Crippen molar-refractivity contribution in [3.63, 3.8) is 0 Å². The number of nitro groups is 1. The van der Waals surface area contributed by atoms with Gasteiger partial charge in [-0.25, -0.2) is 0 Å². The van der Waals surface area contributed by atoms with E-state index in [-0.39, 0.29) is 16.8 Å². The van der Waals surface area contributed by atoms with Gasteiger partial charge in [0.05, 0.1) is 31.1 Å². The van der Waals surface area contributed by atoms with E-state index in [4.69, 9.17) is 27.9 Å². The third-order valence-corrected chi connectivity index (χ3v) is 5.06. The summed E-state index contributed by atoms with van der Waals surface area (Å²) in [6.45, 7) is 0.851. The predicted octanol–water partition coefficient (Wildman–Crippen LogP) is 2.85. The van der Waals surface area contributed by atoms with Crippen molar-refractivity contribution in [1.82, 2.24) is 0 Å². The molecule has 0 heterocycles. The highest BCUT2D eigenvalue weighted by atomic mass is 35.5. The fraction of sp³-hybridized carbons (Fsp3) is 0.455. The first kappa shape index (κ1) is 15.4. The average Bonchev–Trinajstić information content (AvgIpc) is 2.33. The van der Waals surface area contributed by atoms with E-state index in [0.717, 1.165) is 12.5 Å². The second-order valence-electron chi connectivity index (χ2n) is 3.83. The standard InChI is InChI=1S/C11H15Cl2NO3Si/c12-11(13)18-7-3-6-17-8-9-4-1-2-5-10(9)14(15)16/h1-2,4-5,11H,3,6-8,18H2. The molecule has 0 radical (unpaired) electrons. The summed E-state index contributed by atoms with van der Waals surface area (Å²) in [6, 6.07) is 7.63. The molecule has 1 rings (SSSR count). The third kappa shape index (κ3) is 5.82. The fourth-order valence-corrected chi connectivity index (χ4v) is 3.22. The molecule has 7 heteroatoms. The van der Waals surface area contributed by atoms with Crippen LogP contribution in [-0.2, 0) is 11.3 Å². The maximum Gasteiger partial charge on any atom is 0.274 e. The number of para-hydroxylation sites is 1. The number of rotatable bonds is 8. The maximum atomic E-state index is 10.8. The first-order valence-electron chi connectivity index (χ1n) is 5.69. The summed E-state index contributed by atoms with van der Waals surface area (Å²) < 4.78 is 5.23. The molecule has 100 valence electrons. The molecule has 18 heavy (non-hydrogen) atoms. The highest BCUT2D eigenvalue weighted by Gasteiger charge is 2.11. The van der Waals surface area contributed by atoms with Gasteiger partial charge in [0.1, 0.15) is 0 Å². The zero-order chi connectivity index (χ0) is 13.4. The summed E-state index contributed by atoms with van der Waals surface area (Å²) in [4.78, 5) is 10.4. The molecule has 0 unspecified atom stereocenters. The van der Waals surface area contributed by atoms with E-state index in [9.17, 15) is 10.1 Å². The summed E-state index contributed by atoms with van der Waals surface area (Å²) in [6.07, 6.45) is 0.906. The largest absolute Gasteiger partial charge is 0.377 e. The first-order valence-corrected chi connectivity index (χ1v) is 8.38. The molecule has 1 aromatic carbocycles. The number of nitrogens with zero attached hydrogens (tertiary/aromatic N) is 1. The Hall–Kier alpha value is -0.623. The molecule has 0 saturated carbocycles. The summed E-state index contributed by atoms with van der Waals surface area (Å²) in [5.74, 6) is 0. The fourth-order valence-electron chi connectivity index (χ4n) is 1.50. The molecule has 0 aliphatic rings. The van der Waals surface area contributed by atoms with Gasteiger partial charge in [0.25, 0.3) is 5.69 Å². The third-order valence-electron chi connectivity index (χ3n) is 2.41. The van der Waals surface area contributed by atoms with Crippen molar-refractivity contribution < 1.29 is 9.66 Å². The van der Waals surface area contributed by atoms with E-state index >= 15 is 0 Å². The summed E-state index contributed by atoms with van der Waals surface area (Å²) in [5.41, 5.74) is 0.709. The highest BCUT2D eigenvalue weighted by molar-refractivity contribution is 6.68. The minimum Gasteiger partial charge on any atom is -0.377 e. The Morgan fingerprint density at radius 1 is 1.39 bits per heavy atom. The van der Waals surface area contributed by atoms with Crippen molar-refractivity contribution in [2.45, 2.75) is 23.5 Å². The van der Waals surface area contributed by atoms with E-state index in [2.05, 4.69) is 0 Å². The van der Waals surface area contributed by atoms with E-state index in [0.29, 0.717) is 12.2 Å². The van der Waals surface area contributed by atoms with Crippen LogP contribution in [0.25, 0.3) is 0 Å². The van der Waals surface area contributed by atoms with Crippen LogP contribution in [0, 0.1) is 10.1 Å². The van der Waals surface area contributed by atoms with Crippen molar-refractivity contribution in [3.05, 3.63) is 39.9 Å². The monoisotopic (exact) mass is 307 g/mol. The zero-order valence-corrected chi connectivity index (χ0v) is 12.8. The lowest BCUT2D eigenvalue weighted by atomic mass is 10.2. The lowest BCUT2D eigenvalue weighted by molar-refractivity contribution is -0.385. The van der Waals surface area contributed by atoms with Crippen LogP contribution < -0.4 is 0 Å². The molecular formula is C11H15Cl2NO3Si. The lowest BCUT2D eigenvalue weighted by Crippen LogP contribution is -2.04. The van der Waals surface area contributed by atoms with Gasteiger partial charge in [0.2, 0.25) is 0 Å². The Morgan fingerprint density at radius 3 is 2.78 bits per heavy atom. The van der Waals surface area contributed by atoms with Gasteiger partial charge in [-0.05, 0) is 12.5 Å². The van der Waals surface area contributed by atoms with Gasteiger partial charge in [0, 0.05) is 12.7 Å². The Morgan fingerprint density at radius 2 is 2.11 bits per heavy atom. The Labute approximate surface area is 118 Å². The molecule has 0 spiro atoms. The van der Waals surface area contributed by atoms with Crippen molar-refractivity contribution in [2.75, 3.05) is 6.61 Å². The number of hydrogen-bond acceptors (Lipinski definition) is 3. The summed E-state index contributed by atoms with van der Waals surface area (Å²) >= 11 is 11.3. The van der Waals surface area contributed by atoms with Gasteiger partial charge in [-0.2, -0.15) is 0 Å². The van der Waals surface area contributed by atoms with Gasteiger partial charge in [-0.1, -0.05) is 18.2 Å². The average molecular weight is 308 g/mol. The van der Waals surface area contributed by atoms with Crippen molar-refractivity contribution >= 4 is 38.4 Å². The van der Waals surface area contributed by atoms with E-state index in [1.165, 1.54) is 6.07 Å². The molecule has 0 aliphatic heterocycles. The normalized spacial score (nSPS) is 11.5. The molecule has 0 bridgehead atoms. The topological polar surface area (TPSA) is 52.4 Å². The molecule has 0 aliphatic carbocycles. The molecule has 4 nitrogen and oxygen atoms in total. The lowest BCUT2D eigenvalue weighted by Gasteiger charge is -2.05. The van der Waals surface area contributed by atoms with Crippen LogP contribution in [0.5, 0.6) is 0 Å². The number of alkyl halides is 2.